The van der Waals surface area contributed by atoms with E-state index in [1.54, 1.807) is 6.21 Å². The number of carbonyl (C=O) groups excluding carboxylic acids is 1. The van der Waals surface area contributed by atoms with E-state index in [0.717, 1.165) is 9.99 Å². The molecular weight excluding hydrogens is 475 g/mol. The SMILES string of the molecule is NC(=O)c1c(N=Cc2ccc(CI)cc2)n[nH]c1Nc1ccc([N+](=O)[O-])cc1. The number of non-ortho nitro benzene ring substituents is 1. The van der Waals surface area contributed by atoms with Crippen LogP contribution in [-0.2, 0) is 4.43 Å². The van der Waals surface area contributed by atoms with Gasteiger partial charge in [-0.3, -0.25) is 20.0 Å². The number of aromatic amines is 1. The van der Waals surface area contributed by atoms with Crippen LogP contribution in [0.15, 0.2) is 53.5 Å². The number of aliphatic imine (C=N–C) groups is 1. The van der Waals surface area contributed by atoms with Gasteiger partial charge in [-0.2, -0.15) is 5.10 Å². The van der Waals surface area contributed by atoms with Crippen molar-refractivity contribution < 1.29 is 9.72 Å². The van der Waals surface area contributed by atoms with Gasteiger partial charge in [-0.25, -0.2) is 4.99 Å². The summed E-state index contributed by atoms with van der Waals surface area (Å²) < 4.78 is 0.915. The number of hydrogen-bond donors (Lipinski definition) is 3. The molecule has 0 saturated heterocycles. The van der Waals surface area contributed by atoms with Gasteiger partial charge in [0.05, 0.1) is 4.92 Å². The lowest BCUT2D eigenvalue weighted by Crippen LogP contribution is -2.12. The van der Waals surface area contributed by atoms with E-state index in [-0.39, 0.29) is 22.9 Å². The molecule has 1 amide bonds. The Morgan fingerprint density at radius 1 is 1.25 bits per heavy atom. The first-order chi connectivity index (χ1) is 13.5. The number of nitro benzene ring substituents is 1. The van der Waals surface area contributed by atoms with Gasteiger partial charge in [-0.15, -0.1) is 0 Å². The molecule has 0 unspecified atom stereocenters. The number of rotatable bonds is 7. The number of halogens is 1. The maximum Gasteiger partial charge on any atom is 0.269 e. The van der Waals surface area contributed by atoms with E-state index in [2.05, 4.69) is 43.1 Å². The van der Waals surface area contributed by atoms with Gasteiger partial charge in [0, 0.05) is 28.5 Å². The van der Waals surface area contributed by atoms with E-state index >= 15 is 0 Å². The molecule has 9 nitrogen and oxygen atoms in total. The lowest BCUT2D eigenvalue weighted by molar-refractivity contribution is -0.384. The molecule has 28 heavy (non-hydrogen) atoms. The van der Waals surface area contributed by atoms with E-state index in [9.17, 15) is 14.9 Å². The summed E-state index contributed by atoms with van der Waals surface area (Å²) in [7, 11) is 0. The molecule has 1 heterocycles. The number of carbonyl (C=O) groups is 1. The summed E-state index contributed by atoms with van der Waals surface area (Å²) in [5.74, 6) is -0.297. The number of benzene rings is 2. The molecule has 0 saturated carbocycles. The zero-order valence-corrected chi connectivity index (χ0v) is 16.6. The molecule has 0 radical (unpaired) electrons. The van der Waals surface area contributed by atoms with Crippen molar-refractivity contribution in [2.45, 2.75) is 4.43 Å². The molecular formula is C18H15IN6O3. The molecule has 0 fully saturated rings. The van der Waals surface area contributed by atoms with Crippen molar-refractivity contribution >= 4 is 57.7 Å². The summed E-state index contributed by atoms with van der Waals surface area (Å²) in [4.78, 5) is 26.4. The zero-order chi connectivity index (χ0) is 20.1. The van der Waals surface area contributed by atoms with E-state index in [4.69, 9.17) is 5.73 Å². The molecule has 2 aromatic carbocycles. The topological polar surface area (TPSA) is 139 Å². The van der Waals surface area contributed by atoms with Crippen LogP contribution in [0.1, 0.15) is 21.5 Å². The lowest BCUT2D eigenvalue weighted by Gasteiger charge is -2.05. The van der Waals surface area contributed by atoms with Gasteiger partial charge in [0.1, 0.15) is 11.4 Å². The molecule has 0 aliphatic heterocycles. The fourth-order valence-corrected chi connectivity index (χ4v) is 2.90. The summed E-state index contributed by atoms with van der Waals surface area (Å²) in [6, 6.07) is 13.6. The monoisotopic (exact) mass is 490 g/mol. The maximum absolute atomic E-state index is 11.9. The van der Waals surface area contributed by atoms with Crippen LogP contribution in [0, 0.1) is 10.1 Å². The van der Waals surface area contributed by atoms with Gasteiger partial charge in [0.2, 0.25) is 0 Å². The van der Waals surface area contributed by atoms with Crippen LogP contribution < -0.4 is 11.1 Å². The summed E-state index contributed by atoms with van der Waals surface area (Å²) in [5.41, 5.74) is 8.13. The Bertz CT molecular complexity index is 1030. The number of nitrogens with two attached hydrogens (primary N) is 1. The predicted molar refractivity (Wildman–Crippen MR) is 115 cm³/mol. The molecule has 3 aromatic rings. The van der Waals surface area contributed by atoms with E-state index in [1.165, 1.54) is 29.8 Å². The second-order valence-corrected chi connectivity index (χ2v) is 6.49. The number of nitrogens with zero attached hydrogens (tertiary/aromatic N) is 3. The molecule has 10 heteroatoms. The van der Waals surface area contributed by atoms with Crippen molar-refractivity contribution in [3.63, 3.8) is 0 Å². The van der Waals surface area contributed by atoms with Crippen molar-refractivity contribution in [1.29, 1.82) is 0 Å². The smallest absolute Gasteiger partial charge is 0.269 e. The van der Waals surface area contributed by atoms with Gasteiger partial charge in [-0.05, 0) is 23.3 Å². The highest BCUT2D eigenvalue weighted by Crippen LogP contribution is 2.27. The summed E-state index contributed by atoms with van der Waals surface area (Å²) in [6.07, 6.45) is 1.59. The highest BCUT2D eigenvalue weighted by atomic mass is 127. The Balaban J connectivity index is 1.83. The molecule has 0 spiro atoms. The molecule has 0 atom stereocenters. The largest absolute Gasteiger partial charge is 0.365 e. The second-order valence-electron chi connectivity index (χ2n) is 5.72. The van der Waals surface area contributed by atoms with Gasteiger partial charge < -0.3 is 11.1 Å². The number of primary amides is 1. The van der Waals surface area contributed by atoms with Crippen molar-refractivity contribution in [1.82, 2.24) is 10.2 Å². The first-order valence-electron chi connectivity index (χ1n) is 8.06. The molecule has 3 rings (SSSR count). The summed E-state index contributed by atoms with van der Waals surface area (Å²) in [5, 5.41) is 20.4. The molecule has 0 bridgehead atoms. The van der Waals surface area contributed by atoms with E-state index < -0.39 is 10.8 Å². The van der Waals surface area contributed by atoms with Crippen LogP contribution in [0.4, 0.5) is 23.0 Å². The van der Waals surface area contributed by atoms with Crippen LogP contribution in [0.3, 0.4) is 0 Å². The van der Waals surface area contributed by atoms with Crippen molar-refractivity contribution in [2.75, 3.05) is 5.32 Å². The normalized spacial score (nSPS) is 10.9. The van der Waals surface area contributed by atoms with Gasteiger partial charge in [-0.1, -0.05) is 46.9 Å². The number of anilines is 2. The minimum atomic E-state index is -0.703. The number of alkyl halides is 1. The van der Waals surface area contributed by atoms with Crippen LogP contribution in [0.2, 0.25) is 0 Å². The van der Waals surface area contributed by atoms with E-state index in [0.29, 0.717) is 5.69 Å². The molecule has 142 valence electrons. The highest BCUT2D eigenvalue weighted by molar-refractivity contribution is 14.1. The van der Waals surface area contributed by atoms with E-state index in [1.807, 2.05) is 24.3 Å². The zero-order valence-electron chi connectivity index (χ0n) is 14.4. The summed E-state index contributed by atoms with van der Waals surface area (Å²) >= 11 is 2.28. The Kier molecular flexibility index (Phi) is 5.99. The molecule has 1 aromatic heterocycles. The number of hydrogen-bond acceptors (Lipinski definition) is 6. The predicted octanol–water partition coefficient (Wildman–Crippen LogP) is 3.85. The molecule has 4 N–H and O–H groups in total. The Hall–Kier alpha value is -3.28. The van der Waals surface area contributed by atoms with Gasteiger partial charge in [0.25, 0.3) is 11.6 Å². The van der Waals surface area contributed by atoms with Crippen LogP contribution in [-0.4, -0.2) is 27.2 Å². The number of amides is 1. The number of nitrogens with one attached hydrogen (secondary N) is 2. The fourth-order valence-electron chi connectivity index (χ4n) is 2.39. The van der Waals surface area contributed by atoms with Crippen molar-refractivity contribution in [3.05, 3.63) is 75.3 Å². The van der Waals surface area contributed by atoms with Crippen molar-refractivity contribution in [3.8, 4) is 0 Å². The minimum Gasteiger partial charge on any atom is -0.365 e. The van der Waals surface area contributed by atoms with Crippen LogP contribution in [0.25, 0.3) is 0 Å². The Labute approximate surface area is 173 Å². The fraction of sp³-hybridized carbons (Fsp3) is 0.0556. The average Bonchev–Trinajstić information content (AvgIpc) is 3.10. The first-order valence-corrected chi connectivity index (χ1v) is 9.59. The quantitative estimate of drug-likeness (QED) is 0.152. The third kappa shape index (κ3) is 4.52. The lowest BCUT2D eigenvalue weighted by atomic mass is 10.2. The third-order valence-electron chi connectivity index (χ3n) is 3.81. The number of nitro groups is 1. The van der Waals surface area contributed by atoms with Gasteiger partial charge in [0.15, 0.2) is 5.82 Å². The molecule has 0 aliphatic rings. The van der Waals surface area contributed by atoms with Crippen LogP contribution in [0.5, 0.6) is 0 Å². The Morgan fingerprint density at radius 3 is 2.50 bits per heavy atom. The highest BCUT2D eigenvalue weighted by Gasteiger charge is 2.18. The van der Waals surface area contributed by atoms with Crippen molar-refractivity contribution in [2.24, 2.45) is 10.7 Å². The minimum absolute atomic E-state index is 0.0378. The average molecular weight is 490 g/mol. The summed E-state index contributed by atoms with van der Waals surface area (Å²) in [6.45, 7) is 0. The molecule has 0 aliphatic carbocycles. The Morgan fingerprint density at radius 2 is 1.93 bits per heavy atom. The maximum atomic E-state index is 11.9. The second kappa shape index (κ2) is 8.61. The third-order valence-corrected chi connectivity index (χ3v) is 4.69. The van der Waals surface area contributed by atoms with Gasteiger partial charge >= 0.3 is 0 Å². The number of H-pyrrole nitrogens is 1. The number of aromatic nitrogens is 2. The first kappa shape index (κ1) is 19.5. The standard InChI is InChI=1S/C18H15IN6O3/c19-9-11-1-3-12(4-2-11)10-21-17-15(16(20)26)18(24-23-17)22-13-5-7-14(8-6-13)25(27)28/h1-8,10H,9H2,(H2,20,26)(H2,22,23,24). The van der Waals surface area contributed by atoms with Crippen LogP contribution >= 0.6 is 22.6 Å².